The number of carbonyl (C=O) groups excluding carboxylic acids is 1. The Morgan fingerprint density at radius 2 is 2.50 bits per heavy atom. The Labute approximate surface area is 66.9 Å². The predicted octanol–water partition coefficient (Wildman–Crippen LogP) is 1.74. The zero-order valence-corrected chi connectivity index (χ0v) is 7.03. The van der Waals surface area contributed by atoms with Crippen molar-refractivity contribution in [3.63, 3.8) is 0 Å². The first-order valence-electron chi connectivity index (χ1n) is 2.80. The van der Waals surface area contributed by atoms with Crippen LogP contribution in [0.3, 0.4) is 0 Å². The van der Waals surface area contributed by atoms with Gasteiger partial charge in [0.2, 0.25) is 5.91 Å². The number of anilines is 1. The molecule has 0 unspecified atom stereocenters. The topological polar surface area (TPSA) is 44.9 Å². The fourth-order valence-electron chi connectivity index (χ4n) is 0.642. The molecule has 3 nitrogen and oxygen atoms in total. The summed E-state index contributed by atoms with van der Waals surface area (Å²) in [6.45, 7) is 1.47. The quantitative estimate of drug-likeness (QED) is 0.717. The lowest BCUT2D eigenvalue weighted by atomic mass is 10.5. The minimum absolute atomic E-state index is 0.0634. The Morgan fingerprint density at radius 1 is 1.80 bits per heavy atom. The van der Waals surface area contributed by atoms with E-state index >= 15 is 0 Å². The van der Waals surface area contributed by atoms with Gasteiger partial charge in [-0.15, -0.1) is 0 Å². The van der Waals surface area contributed by atoms with Gasteiger partial charge in [-0.2, -0.15) is 0 Å². The van der Waals surface area contributed by atoms with Crippen molar-refractivity contribution >= 4 is 27.5 Å². The number of hydrogen-bond acceptors (Lipinski definition) is 1. The molecule has 0 aliphatic heterocycles. The van der Waals surface area contributed by atoms with Crippen LogP contribution in [0.15, 0.2) is 16.9 Å². The number of amides is 1. The van der Waals surface area contributed by atoms with Gasteiger partial charge in [0.25, 0.3) is 0 Å². The monoisotopic (exact) mass is 202 g/mol. The van der Waals surface area contributed by atoms with Crippen LogP contribution in [-0.2, 0) is 4.79 Å². The smallest absolute Gasteiger partial charge is 0.221 e. The lowest BCUT2D eigenvalue weighted by molar-refractivity contribution is -0.114. The first-order chi connectivity index (χ1) is 4.68. The summed E-state index contributed by atoms with van der Waals surface area (Å²) in [5.74, 6) is -0.0634. The molecule has 0 fully saturated rings. The maximum absolute atomic E-state index is 10.5. The maximum Gasteiger partial charge on any atom is 0.221 e. The highest BCUT2D eigenvalue weighted by atomic mass is 79.9. The molecule has 0 spiro atoms. The van der Waals surface area contributed by atoms with E-state index in [2.05, 4.69) is 26.2 Å². The van der Waals surface area contributed by atoms with Crippen LogP contribution in [0.25, 0.3) is 0 Å². The van der Waals surface area contributed by atoms with E-state index in [1.807, 2.05) is 0 Å². The van der Waals surface area contributed by atoms with E-state index in [9.17, 15) is 4.79 Å². The van der Waals surface area contributed by atoms with Crippen molar-refractivity contribution in [2.45, 2.75) is 6.92 Å². The van der Waals surface area contributed by atoms with Gasteiger partial charge in [-0.3, -0.25) is 4.79 Å². The molecule has 0 aromatic carbocycles. The second-order valence-electron chi connectivity index (χ2n) is 1.92. The molecule has 4 heteroatoms. The van der Waals surface area contributed by atoms with Gasteiger partial charge in [0.05, 0.1) is 10.3 Å². The standard InChI is InChI=1S/C6H7BrN2O/c1-4(10)9-5-2-6(7)8-3-5/h2-3,8H,1H3,(H,9,10). The molecular formula is C6H7BrN2O. The molecule has 0 radical (unpaired) electrons. The molecule has 0 aliphatic rings. The van der Waals surface area contributed by atoms with Crippen LogP contribution in [0, 0.1) is 0 Å². The third kappa shape index (κ3) is 1.88. The summed E-state index contributed by atoms with van der Waals surface area (Å²) in [5.41, 5.74) is 0.777. The first-order valence-corrected chi connectivity index (χ1v) is 3.59. The zero-order valence-electron chi connectivity index (χ0n) is 5.44. The lowest BCUT2D eigenvalue weighted by Gasteiger charge is -1.93. The van der Waals surface area contributed by atoms with Crippen LogP contribution in [0.5, 0.6) is 0 Å². The molecule has 1 heterocycles. The summed E-state index contributed by atoms with van der Waals surface area (Å²) in [6.07, 6.45) is 1.71. The van der Waals surface area contributed by atoms with Crippen molar-refractivity contribution in [1.82, 2.24) is 4.98 Å². The van der Waals surface area contributed by atoms with E-state index in [-0.39, 0.29) is 5.91 Å². The Bertz CT molecular complexity index is 244. The van der Waals surface area contributed by atoms with Gasteiger partial charge in [0.15, 0.2) is 0 Å². The third-order valence-corrected chi connectivity index (χ3v) is 1.43. The van der Waals surface area contributed by atoms with E-state index in [1.54, 1.807) is 12.3 Å². The van der Waals surface area contributed by atoms with E-state index < -0.39 is 0 Å². The molecule has 10 heavy (non-hydrogen) atoms. The van der Waals surface area contributed by atoms with Crippen LogP contribution in [0.1, 0.15) is 6.92 Å². The van der Waals surface area contributed by atoms with Crippen molar-refractivity contribution in [1.29, 1.82) is 0 Å². The molecule has 0 atom stereocenters. The van der Waals surface area contributed by atoms with E-state index in [0.29, 0.717) is 0 Å². The third-order valence-electron chi connectivity index (χ3n) is 0.968. The number of rotatable bonds is 1. The van der Waals surface area contributed by atoms with E-state index in [0.717, 1.165) is 10.3 Å². The van der Waals surface area contributed by atoms with Gasteiger partial charge >= 0.3 is 0 Å². The van der Waals surface area contributed by atoms with Crippen molar-refractivity contribution in [2.24, 2.45) is 0 Å². The highest BCUT2D eigenvalue weighted by molar-refractivity contribution is 9.10. The summed E-state index contributed by atoms with van der Waals surface area (Å²) < 4.78 is 0.858. The Kier molecular flexibility index (Phi) is 2.11. The van der Waals surface area contributed by atoms with Gasteiger partial charge in [-0.25, -0.2) is 0 Å². The van der Waals surface area contributed by atoms with Crippen molar-refractivity contribution in [2.75, 3.05) is 5.32 Å². The summed E-state index contributed by atoms with van der Waals surface area (Å²) in [6, 6.07) is 1.79. The largest absolute Gasteiger partial charge is 0.354 e. The number of hydrogen-bond donors (Lipinski definition) is 2. The molecule has 54 valence electrons. The molecule has 1 rings (SSSR count). The Hall–Kier alpha value is -0.770. The number of halogens is 1. The normalized spacial score (nSPS) is 9.40. The molecule has 0 aliphatic carbocycles. The number of nitrogens with one attached hydrogen (secondary N) is 2. The minimum atomic E-state index is -0.0634. The average Bonchev–Trinajstić information content (AvgIpc) is 2.13. The van der Waals surface area contributed by atoms with Gasteiger partial charge < -0.3 is 10.3 Å². The van der Waals surface area contributed by atoms with Crippen molar-refractivity contribution in [3.8, 4) is 0 Å². The molecule has 0 saturated heterocycles. The molecular weight excluding hydrogens is 196 g/mol. The second-order valence-corrected chi connectivity index (χ2v) is 2.77. The predicted molar refractivity (Wildman–Crippen MR) is 42.8 cm³/mol. The molecule has 0 bridgehead atoms. The molecule has 1 aromatic heterocycles. The molecule has 2 N–H and O–H groups in total. The van der Waals surface area contributed by atoms with Crippen LogP contribution < -0.4 is 5.32 Å². The molecule has 1 amide bonds. The van der Waals surface area contributed by atoms with Crippen molar-refractivity contribution in [3.05, 3.63) is 16.9 Å². The summed E-state index contributed by atoms with van der Waals surface area (Å²) in [4.78, 5) is 13.4. The first kappa shape index (κ1) is 7.34. The lowest BCUT2D eigenvalue weighted by Crippen LogP contribution is -2.04. The van der Waals surface area contributed by atoms with Crippen LogP contribution in [-0.4, -0.2) is 10.9 Å². The number of H-pyrrole nitrogens is 1. The fourth-order valence-corrected chi connectivity index (χ4v) is 1.00. The van der Waals surface area contributed by atoms with Crippen LogP contribution in [0.2, 0.25) is 0 Å². The van der Waals surface area contributed by atoms with Gasteiger partial charge in [-0.1, -0.05) is 0 Å². The molecule has 0 saturated carbocycles. The zero-order chi connectivity index (χ0) is 7.56. The highest BCUT2D eigenvalue weighted by Crippen LogP contribution is 2.13. The second kappa shape index (κ2) is 2.88. The molecule has 1 aromatic rings. The number of aromatic nitrogens is 1. The van der Waals surface area contributed by atoms with Gasteiger partial charge in [0.1, 0.15) is 0 Å². The van der Waals surface area contributed by atoms with Gasteiger partial charge in [-0.05, 0) is 22.0 Å². The summed E-state index contributed by atoms with van der Waals surface area (Å²) >= 11 is 3.22. The van der Waals surface area contributed by atoms with Crippen molar-refractivity contribution < 1.29 is 4.79 Å². The Morgan fingerprint density at radius 3 is 2.90 bits per heavy atom. The fraction of sp³-hybridized carbons (Fsp3) is 0.167. The SMILES string of the molecule is CC(=O)Nc1c[nH]c(Br)c1. The van der Waals surface area contributed by atoms with E-state index in [4.69, 9.17) is 0 Å². The summed E-state index contributed by atoms with van der Waals surface area (Å²) in [5, 5.41) is 2.63. The maximum atomic E-state index is 10.5. The van der Waals surface area contributed by atoms with Crippen LogP contribution >= 0.6 is 15.9 Å². The Balaban J connectivity index is 2.67. The summed E-state index contributed by atoms with van der Waals surface area (Å²) in [7, 11) is 0. The van der Waals surface area contributed by atoms with Crippen LogP contribution in [0.4, 0.5) is 5.69 Å². The highest BCUT2D eigenvalue weighted by Gasteiger charge is 1.95. The van der Waals surface area contributed by atoms with E-state index in [1.165, 1.54) is 6.92 Å². The average molecular weight is 203 g/mol. The minimum Gasteiger partial charge on any atom is -0.354 e. The number of carbonyl (C=O) groups is 1. The van der Waals surface area contributed by atoms with Gasteiger partial charge in [0, 0.05) is 13.1 Å². The number of aromatic amines is 1.